The van der Waals surface area contributed by atoms with Gasteiger partial charge in [0, 0.05) is 17.9 Å². The monoisotopic (exact) mass is 216 g/mol. The molecule has 0 aliphatic rings. The normalized spacial score (nSPS) is 12.8. The third-order valence-electron chi connectivity index (χ3n) is 2.80. The van der Waals surface area contributed by atoms with Crippen molar-refractivity contribution in [2.75, 3.05) is 0 Å². The topological polar surface area (TPSA) is 56.7 Å². The average molecular weight is 216 g/mol. The first-order valence-electron chi connectivity index (χ1n) is 5.32. The van der Waals surface area contributed by atoms with E-state index in [4.69, 9.17) is 5.73 Å². The average Bonchev–Trinajstić information content (AvgIpc) is 2.60. The molecule has 0 spiro atoms. The van der Waals surface area contributed by atoms with Crippen molar-refractivity contribution in [1.82, 2.24) is 14.5 Å². The Morgan fingerprint density at radius 2 is 2.00 bits per heavy atom. The zero-order valence-electron chi connectivity index (χ0n) is 9.81. The van der Waals surface area contributed by atoms with E-state index in [1.807, 2.05) is 43.7 Å². The lowest BCUT2D eigenvalue weighted by atomic mass is 10.1. The Morgan fingerprint density at radius 1 is 1.25 bits per heavy atom. The van der Waals surface area contributed by atoms with Gasteiger partial charge in [0.1, 0.15) is 12.1 Å². The third kappa shape index (κ3) is 1.84. The van der Waals surface area contributed by atoms with Crippen molar-refractivity contribution in [2.24, 2.45) is 5.73 Å². The summed E-state index contributed by atoms with van der Waals surface area (Å²) in [7, 11) is 0. The molecule has 2 aromatic rings. The number of hydrogen-bond donors (Lipinski definition) is 1. The molecular weight excluding hydrogens is 200 g/mol. The molecule has 0 amide bonds. The first kappa shape index (κ1) is 10.8. The minimum Gasteiger partial charge on any atom is -0.324 e. The van der Waals surface area contributed by atoms with Gasteiger partial charge in [-0.2, -0.15) is 0 Å². The Labute approximate surface area is 95.1 Å². The molecular formula is C12H16N4. The first-order chi connectivity index (χ1) is 7.59. The lowest BCUT2D eigenvalue weighted by Gasteiger charge is -2.07. The molecule has 2 N–H and O–H groups in total. The first-order valence-corrected chi connectivity index (χ1v) is 5.32. The van der Waals surface area contributed by atoms with Crippen LogP contribution in [-0.2, 0) is 0 Å². The zero-order valence-corrected chi connectivity index (χ0v) is 9.81. The highest BCUT2D eigenvalue weighted by Crippen LogP contribution is 2.14. The van der Waals surface area contributed by atoms with Crippen LogP contribution in [0.25, 0.3) is 5.82 Å². The molecule has 2 rings (SSSR count). The highest BCUT2D eigenvalue weighted by atomic mass is 15.1. The standard InChI is InChI=1S/C12H16N4/c1-8(13)11-4-5-12(14-6-11)16-7-15-9(2)10(16)3/h4-8H,13H2,1-3H3/t8-/m0/s1. The molecule has 0 saturated carbocycles. The second-order valence-corrected chi connectivity index (χ2v) is 4.02. The van der Waals surface area contributed by atoms with Crippen LogP contribution in [-0.4, -0.2) is 14.5 Å². The second-order valence-electron chi connectivity index (χ2n) is 4.02. The van der Waals surface area contributed by atoms with Crippen molar-refractivity contribution in [3.8, 4) is 5.82 Å². The van der Waals surface area contributed by atoms with Crippen LogP contribution in [0.15, 0.2) is 24.7 Å². The number of pyridine rings is 1. The lowest BCUT2D eigenvalue weighted by Crippen LogP contribution is -2.06. The SMILES string of the molecule is Cc1ncn(-c2ccc([C@H](C)N)cn2)c1C. The largest absolute Gasteiger partial charge is 0.324 e. The molecule has 0 bridgehead atoms. The number of imidazole rings is 1. The molecule has 0 saturated heterocycles. The van der Waals surface area contributed by atoms with E-state index in [9.17, 15) is 0 Å². The predicted octanol–water partition coefficient (Wildman–Crippen LogP) is 1.90. The number of nitrogens with zero attached hydrogens (tertiary/aromatic N) is 3. The zero-order chi connectivity index (χ0) is 11.7. The van der Waals surface area contributed by atoms with Gasteiger partial charge in [-0.25, -0.2) is 9.97 Å². The summed E-state index contributed by atoms with van der Waals surface area (Å²) in [6.45, 7) is 5.97. The number of aryl methyl sites for hydroxylation is 1. The molecule has 0 fully saturated rings. The number of rotatable bonds is 2. The highest BCUT2D eigenvalue weighted by Gasteiger charge is 2.06. The molecule has 1 atom stereocenters. The summed E-state index contributed by atoms with van der Waals surface area (Å²) in [6.07, 6.45) is 3.60. The Kier molecular flexibility index (Phi) is 2.75. The molecule has 0 aromatic carbocycles. The van der Waals surface area contributed by atoms with E-state index in [1.54, 1.807) is 6.33 Å². The fourth-order valence-corrected chi connectivity index (χ4v) is 1.54. The van der Waals surface area contributed by atoms with E-state index >= 15 is 0 Å². The van der Waals surface area contributed by atoms with Gasteiger partial charge in [0.15, 0.2) is 0 Å². The maximum absolute atomic E-state index is 5.78. The van der Waals surface area contributed by atoms with Crippen LogP contribution in [0, 0.1) is 13.8 Å². The summed E-state index contributed by atoms with van der Waals surface area (Å²) in [5.41, 5.74) is 8.96. The van der Waals surface area contributed by atoms with Crippen molar-refractivity contribution in [2.45, 2.75) is 26.8 Å². The van der Waals surface area contributed by atoms with Crippen LogP contribution in [0.5, 0.6) is 0 Å². The van der Waals surface area contributed by atoms with Crippen molar-refractivity contribution in [3.05, 3.63) is 41.6 Å². The predicted molar refractivity (Wildman–Crippen MR) is 63.4 cm³/mol. The van der Waals surface area contributed by atoms with Crippen LogP contribution in [0.2, 0.25) is 0 Å². The van der Waals surface area contributed by atoms with Gasteiger partial charge in [0.05, 0.1) is 5.69 Å². The molecule has 4 nitrogen and oxygen atoms in total. The van der Waals surface area contributed by atoms with E-state index in [2.05, 4.69) is 9.97 Å². The maximum atomic E-state index is 5.78. The van der Waals surface area contributed by atoms with Crippen molar-refractivity contribution < 1.29 is 0 Å². The van der Waals surface area contributed by atoms with Crippen LogP contribution in [0.4, 0.5) is 0 Å². The molecule has 2 heterocycles. The van der Waals surface area contributed by atoms with Crippen molar-refractivity contribution in [1.29, 1.82) is 0 Å². The van der Waals surface area contributed by atoms with Gasteiger partial charge in [-0.3, -0.25) is 4.57 Å². The Morgan fingerprint density at radius 3 is 2.44 bits per heavy atom. The minimum atomic E-state index is 0.0205. The third-order valence-corrected chi connectivity index (χ3v) is 2.80. The van der Waals surface area contributed by atoms with Gasteiger partial charge in [0.2, 0.25) is 0 Å². The van der Waals surface area contributed by atoms with Crippen LogP contribution in [0.3, 0.4) is 0 Å². The summed E-state index contributed by atoms with van der Waals surface area (Å²) in [5, 5.41) is 0. The van der Waals surface area contributed by atoms with Crippen LogP contribution < -0.4 is 5.73 Å². The van der Waals surface area contributed by atoms with Gasteiger partial charge >= 0.3 is 0 Å². The van der Waals surface area contributed by atoms with Crippen molar-refractivity contribution >= 4 is 0 Å². The van der Waals surface area contributed by atoms with Gasteiger partial charge in [-0.05, 0) is 32.4 Å². The fraction of sp³-hybridized carbons (Fsp3) is 0.333. The maximum Gasteiger partial charge on any atom is 0.138 e. The number of nitrogens with two attached hydrogens (primary N) is 1. The highest BCUT2D eigenvalue weighted by molar-refractivity contribution is 5.30. The molecule has 2 aromatic heterocycles. The Bertz CT molecular complexity index is 482. The van der Waals surface area contributed by atoms with E-state index < -0.39 is 0 Å². The molecule has 4 heteroatoms. The summed E-state index contributed by atoms with van der Waals surface area (Å²) in [5.74, 6) is 0.877. The molecule has 0 unspecified atom stereocenters. The van der Waals surface area contributed by atoms with Gasteiger partial charge in [-0.1, -0.05) is 6.07 Å². The fourth-order valence-electron chi connectivity index (χ4n) is 1.54. The van der Waals surface area contributed by atoms with Crippen LogP contribution >= 0.6 is 0 Å². The van der Waals surface area contributed by atoms with E-state index in [0.29, 0.717) is 0 Å². The molecule has 0 aliphatic heterocycles. The summed E-state index contributed by atoms with van der Waals surface area (Å²) in [6, 6.07) is 3.99. The molecule has 84 valence electrons. The van der Waals surface area contributed by atoms with E-state index in [1.165, 1.54) is 0 Å². The van der Waals surface area contributed by atoms with Crippen molar-refractivity contribution in [3.63, 3.8) is 0 Å². The summed E-state index contributed by atoms with van der Waals surface area (Å²) < 4.78 is 1.97. The summed E-state index contributed by atoms with van der Waals surface area (Å²) in [4.78, 5) is 8.64. The molecule has 16 heavy (non-hydrogen) atoms. The van der Waals surface area contributed by atoms with Crippen LogP contribution in [0.1, 0.15) is 29.9 Å². The quantitative estimate of drug-likeness (QED) is 0.834. The van der Waals surface area contributed by atoms with E-state index in [0.717, 1.165) is 22.8 Å². The van der Waals surface area contributed by atoms with E-state index in [-0.39, 0.29) is 6.04 Å². The Balaban J connectivity index is 2.38. The summed E-state index contributed by atoms with van der Waals surface area (Å²) >= 11 is 0. The minimum absolute atomic E-state index is 0.0205. The number of hydrogen-bond acceptors (Lipinski definition) is 3. The van der Waals surface area contributed by atoms with Gasteiger partial charge < -0.3 is 5.73 Å². The number of aromatic nitrogens is 3. The lowest BCUT2D eigenvalue weighted by molar-refractivity contribution is 0.807. The smallest absolute Gasteiger partial charge is 0.138 e. The molecule has 0 radical (unpaired) electrons. The Hall–Kier alpha value is -1.68. The second kappa shape index (κ2) is 4.06. The molecule has 0 aliphatic carbocycles. The van der Waals surface area contributed by atoms with Gasteiger partial charge in [-0.15, -0.1) is 0 Å². The van der Waals surface area contributed by atoms with Gasteiger partial charge in [0.25, 0.3) is 0 Å².